The largest absolute Gasteiger partial charge is 0.337 e. The smallest absolute Gasteiger partial charge is 0.253 e. The van der Waals surface area contributed by atoms with Crippen LogP contribution in [0.1, 0.15) is 54.4 Å². The Hall–Kier alpha value is -2.22. The fourth-order valence-corrected chi connectivity index (χ4v) is 6.45. The average molecular weight is 484 g/mol. The van der Waals surface area contributed by atoms with Crippen molar-refractivity contribution in [1.29, 1.82) is 0 Å². The highest BCUT2D eigenvalue weighted by atomic mass is 32.2. The third-order valence-electron chi connectivity index (χ3n) is 6.96. The van der Waals surface area contributed by atoms with E-state index in [2.05, 4.69) is 29.2 Å². The molecule has 184 valence electrons. The molecule has 2 aromatic rings. The SMILES string of the molecule is O=C(c1ccc(S(=O)(=O)N2CCCCCC2)cc1)N1CCCN(CCCc2ccccc2)CC1. The zero-order valence-electron chi connectivity index (χ0n) is 20.1. The second-order valence-corrected chi connectivity index (χ2v) is 11.4. The lowest BCUT2D eigenvalue weighted by atomic mass is 10.1. The fraction of sp³-hybridized carbons (Fsp3) is 0.519. The van der Waals surface area contributed by atoms with Crippen molar-refractivity contribution in [1.82, 2.24) is 14.1 Å². The van der Waals surface area contributed by atoms with Crippen LogP contribution >= 0.6 is 0 Å². The standard InChI is InChI=1S/C27H37N3O3S/c31-27(25-13-15-26(16-14-25)34(32,33)30-20-6-1-2-7-21-30)29-19-9-18-28(22-23-29)17-8-12-24-10-4-3-5-11-24/h3-5,10-11,13-16H,1-2,6-9,12,17-23H2. The zero-order chi connectivity index (χ0) is 23.8. The molecule has 0 N–H and O–H groups in total. The van der Waals surface area contributed by atoms with Gasteiger partial charge >= 0.3 is 0 Å². The lowest BCUT2D eigenvalue weighted by molar-refractivity contribution is 0.0761. The molecule has 0 aromatic heterocycles. The number of rotatable bonds is 7. The van der Waals surface area contributed by atoms with Crippen molar-refractivity contribution >= 4 is 15.9 Å². The molecule has 0 atom stereocenters. The summed E-state index contributed by atoms with van der Waals surface area (Å²) < 4.78 is 27.6. The maximum Gasteiger partial charge on any atom is 0.253 e. The molecule has 0 spiro atoms. The molecule has 0 bridgehead atoms. The number of sulfonamides is 1. The van der Waals surface area contributed by atoms with Crippen LogP contribution in [0.15, 0.2) is 59.5 Å². The van der Waals surface area contributed by atoms with Gasteiger partial charge in [0.05, 0.1) is 4.90 Å². The van der Waals surface area contributed by atoms with Crippen molar-refractivity contribution in [3.05, 3.63) is 65.7 Å². The minimum absolute atomic E-state index is 0.00939. The molecule has 2 fully saturated rings. The number of benzene rings is 2. The van der Waals surface area contributed by atoms with Crippen LogP contribution in [-0.2, 0) is 16.4 Å². The van der Waals surface area contributed by atoms with Crippen LogP contribution in [0.2, 0.25) is 0 Å². The van der Waals surface area contributed by atoms with Crippen molar-refractivity contribution in [2.45, 2.75) is 49.8 Å². The maximum atomic E-state index is 13.1. The van der Waals surface area contributed by atoms with Crippen molar-refractivity contribution in [2.75, 3.05) is 45.8 Å². The maximum absolute atomic E-state index is 13.1. The first-order chi connectivity index (χ1) is 16.5. The summed E-state index contributed by atoms with van der Waals surface area (Å²) in [6, 6.07) is 17.1. The van der Waals surface area contributed by atoms with Gasteiger partial charge in [0.2, 0.25) is 10.0 Å². The van der Waals surface area contributed by atoms with Gasteiger partial charge in [-0.25, -0.2) is 8.42 Å². The summed E-state index contributed by atoms with van der Waals surface area (Å²) in [6.07, 6.45) is 7.14. The second kappa shape index (κ2) is 12.0. The summed E-state index contributed by atoms with van der Waals surface area (Å²) in [5.74, 6) is -0.00939. The van der Waals surface area contributed by atoms with Crippen LogP contribution < -0.4 is 0 Å². The van der Waals surface area contributed by atoms with Gasteiger partial charge < -0.3 is 9.80 Å². The van der Waals surface area contributed by atoms with E-state index in [4.69, 9.17) is 0 Å². The molecule has 4 rings (SSSR count). The topological polar surface area (TPSA) is 60.9 Å². The molecule has 2 saturated heterocycles. The van der Waals surface area contributed by atoms with Crippen LogP contribution in [0, 0.1) is 0 Å². The summed E-state index contributed by atoms with van der Waals surface area (Å²) in [4.78, 5) is 17.8. The lowest BCUT2D eigenvalue weighted by Crippen LogP contribution is -2.35. The number of amides is 1. The Labute approximate surface area is 204 Å². The van der Waals surface area contributed by atoms with Gasteiger partial charge in [0.1, 0.15) is 0 Å². The Balaban J connectivity index is 1.30. The summed E-state index contributed by atoms with van der Waals surface area (Å²) >= 11 is 0. The van der Waals surface area contributed by atoms with E-state index in [9.17, 15) is 13.2 Å². The first-order valence-corrected chi connectivity index (χ1v) is 14.1. The number of nitrogens with zero attached hydrogens (tertiary/aromatic N) is 3. The van der Waals surface area contributed by atoms with E-state index in [1.165, 1.54) is 5.56 Å². The molecular weight excluding hydrogens is 446 g/mol. The van der Waals surface area contributed by atoms with Gasteiger partial charge in [-0.3, -0.25) is 4.79 Å². The van der Waals surface area contributed by atoms with Gasteiger partial charge in [-0.05, 0) is 75.0 Å². The van der Waals surface area contributed by atoms with Gasteiger partial charge in [-0.15, -0.1) is 0 Å². The van der Waals surface area contributed by atoms with E-state index in [0.29, 0.717) is 25.2 Å². The molecule has 1 amide bonds. The predicted octanol–water partition coefficient (Wildman–Crippen LogP) is 4.03. The first kappa shape index (κ1) is 24.9. The molecule has 34 heavy (non-hydrogen) atoms. The summed E-state index contributed by atoms with van der Waals surface area (Å²) in [6.45, 7) is 5.53. The molecule has 6 nitrogen and oxygen atoms in total. The monoisotopic (exact) mass is 483 g/mol. The molecular formula is C27H37N3O3S. The highest BCUT2D eigenvalue weighted by Gasteiger charge is 2.26. The highest BCUT2D eigenvalue weighted by molar-refractivity contribution is 7.89. The van der Waals surface area contributed by atoms with Gasteiger partial charge in [0.25, 0.3) is 5.91 Å². The summed E-state index contributed by atoms with van der Waals surface area (Å²) in [7, 11) is -3.49. The number of carbonyl (C=O) groups excluding carboxylic acids is 1. The van der Waals surface area contributed by atoms with Crippen LogP contribution in [0.5, 0.6) is 0 Å². The van der Waals surface area contributed by atoms with Crippen LogP contribution in [-0.4, -0.2) is 74.2 Å². The number of carbonyl (C=O) groups is 1. The molecule has 7 heteroatoms. The van der Waals surface area contributed by atoms with E-state index < -0.39 is 10.0 Å². The molecule has 0 saturated carbocycles. The Morgan fingerprint density at radius 3 is 2.15 bits per heavy atom. The van der Waals surface area contributed by atoms with Crippen molar-refractivity contribution in [2.24, 2.45) is 0 Å². The van der Waals surface area contributed by atoms with Gasteiger partial charge in [0.15, 0.2) is 0 Å². The third kappa shape index (κ3) is 6.46. The molecule has 2 aliphatic heterocycles. The van der Waals surface area contributed by atoms with Gasteiger partial charge in [-0.2, -0.15) is 4.31 Å². The van der Waals surface area contributed by atoms with E-state index in [-0.39, 0.29) is 10.8 Å². The first-order valence-electron chi connectivity index (χ1n) is 12.7. The van der Waals surface area contributed by atoms with E-state index in [1.807, 2.05) is 11.0 Å². The fourth-order valence-electron chi connectivity index (χ4n) is 4.93. The third-order valence-corrected chi connectivity index (χ3v) is 8.88. The quantitative estimate of drug-likeness (QED) is 0.597. The van der Waals surface area contributed by atoms with Gasteiger partial charge in [0, 0.05) is 38.3 Å². The Bertz CT molecular complexity index is 1020. The van der Waals surface area contributed by atoms with E-state index >= 15 is 0 Å². The van der Waals surface area contributed by atoms with Crippen LogP contribution in [0.3, 0.4) is 0 Å². The molecule has 2 aromatic carbocycles. The second-order valence-electron chi connectivity index (χ2n) is 9.42. The van der Waals surface area contributed by atoms with Crippen molar-refractivity contribution in [3.8, 4) is 0 Å². The van der Waals surface area contributed by atoms with E-state index in [0.717, 1.165) is 71.1 Å². The summed E-state index contributed by atoms with van der Waals surface area (Å²) in [5, 5.41) is 0. The zero-order valence-corrected chi connectivity index (χ0v) is 20.9. The average Bonchev–Trinajstić information content (AvgIpc) is 3.28. The summed E-state index contributed by atoms with van der Waals surface area (Å²) in [5.41, 5.74) is 1.93. The Morgan fingerprint density at radius 2 is 1.44 bits per heavy atom. The molecule has 2 heterocycles. The van der Waals surface area contributed by atoms with Crippen molar-refractivity contribution < 1.29 is 13.2 Å². The minimum atomic E-state index is -3.49. The molecule has 0 aliphatic carbocycles. The number of hydrogen-bond acceptors (Lipinski definition) is 4. The lowest BCUT2D eigenvalue weighted by Gasteiger charge is -2.22. The number of hydrogen-bond donors (Lipinski definition) is 0. The van der Waals surface area contributed by atoms with E-state index in [1.54, 1.807) is 28.6 Å². The Morgan fingerprint density at radius 1 is 0.735 bits per heavy atom. The number of aryl methyl sites for hydroxylation is 1. The molecule has 0 unspecified atom stereocenters. The Kier molecular flexibility index (Phi) is 8.75. The van der Waals surface area contributed by atoms with Crippen LogP contribution in [0.25, 0.3) is 0 Å². The van der Waals surface area contributed by atoms with Crippen molar-refractivity contribution in [3.63, 3.8) is 0 Å². The normalized spacial score (nSPS) is 18.9. The molecule has 0 radical (unpaired) electrons. The minimum Gasteiger partial charge on any atom is -0.337 e. The van der Waals surface area contributed by atoms with Gasteiger partial charge in [-0.1, -0.05) is 43.2 Å². The molecule has 2 aliphatic rings. The predicted molar refractivity (Wildman–Crippen MR) is 135 cm³/mol. The van der Waals surface area contributed by atoms with Crippen LogP contribution in [0.4, 0.5) is 0 Å². The highest BCUT2D eigenvalue weighted by Crippen LogP contribution is 2.21.